The summed E-state index contributed by atoms with van der Waals surface area (Å²) in [6, 6.07) is 6.29. The van der Waals surface area contributed by atoms with E-state index in [1.165, 1.54) is 12.8 Å². The zero-order chi connectivity index (χ0) is 12.8. The van der Waals surface area contributed by atoms with E-state index >= 15 is 0 Å². The summed E-state index contributed by atoms with van der Waals surface area (Å²) in [5.74, 6) is 0.203. The third-order valence-corrected chi connectivity index (χ3v) is 3.40. The van der Waals surface area contributed by atoms with Gasteiger partial charge in [0.1, 0.15) is 0 Å². The van der Waals surface area contributed by atoms with Crippen LogP contribution in [0.2, 0.25) is 0 Å². The molecule has 0 radical (unpaired) electrons. The van der Waals surface area contributed by atoms with Crippen LogP contribution in [0.15, 0.2) is 24.4 Å². The molecule has 1 N–H and O–H groups in total. The lowest BCUT2D eigenvalue weighted by Gasteiger charge is -2.21. The molecule has 98 valence electrons. The number of nitrogens with one attached hydrogen (secondary N) is 1. The largest absolute Gasteiger partial charge is 0.344 e. The van der Waals surface area contributed by atoms with Crippen LogP contribution in [0.25, 0.3) is 0 Å². The Morgan fingerprint density at radius 3 is 3.11 bits per heavy atom. The summed E-state index contributed by atoms with van der Waals surface area (Å²) in [5, 5.41) is 3.41. The highest BCUT2D eigenvalue weighted by Crippen LogP contribution is 2.07. The van der Waals surface area contributed by atoms with Crippen molar-refractivity contribution in [2.24, 2.45) is 0 Å². The van der Waals surface area contributed by atoms with E-state index in [0.29, 0.717) is 12.5 Å². The van der Waals surface area contributed by atoms with Gasteiger partial charge in [0, 0.05) is 37.9 Å². The van der Waals surface area contributed by atoms with Gasteiger partial charge < -0.3 is 10.2 Å². The molecule has 1 aromatic heterocycles. The van der Waals surface area contributed by atoms with Gasteiger partial charge in [-0.3, -0.25) is 9.78 Å². The van der Waals surface area contributed by atoms with Crippen LogP contribution in [-0.4, -0.2) is 42.0 Å². The second kappa shape index (κ2) is 6.50. The number of likely N-dealkylation sites (N-methyl/N-ethyl adjacent to an activating group) is 1. The minimum atomic E-state index is 0.203. The lowest BCUT2D eigenvalue weighted by atomic mass is 10.2. The molecule has 1 aliphatic heterocycles. The van der Waals surface area contributed by atoms with Crippen LogP contribution in [0.4, 0.5) is 0 Å². The summed E-state index contributed by atoms with van der Waals surface area (Å²) < 4.78 is 0. The van der Waals surface area contributed by atoms with Crippen molar-refractivity contribution < 1.29 is 4.79 Å². The number of amides is 1. The van der Waals surface area contributed by atoms with E-state index in [0.717, 1.165) is 25.2 Å². The standard InChI is InChI=1S/C14H21N3O/c1-17(11-13-6-4-10-16-13)14(18)8-7-12-5-2-3-9-15-12/h2-3,5,9,13,16H,4,6-8,10-11H2,1H3. The quantitative estimate of drug-likeness (QED) is 0.851. The number of aromatic nitrogens is 1. The van der Waals surface area contributed by atoms with Crippen LogP contribution < -0.4 is 5.32 Å². The van der Waals surface area contributed by atoms with Gasteiger partial charge in [0.15, 0.2) is 0 Å². The van der Waals surface area contributed by atoms with Gasteiger partial charge in [0.2, 0.25) is 5.91 Å². The summed E-state index contributed by atoms with van der Waals surface area (Å²) in [6.45, 7) is 1.90. The molecule has 0 aromatic carbocycles. The van der Waals surface area contributed by atoms with E-state index in [1.54, 1.807) is 6.20 Å². The Bertz CT molecular complexity index is 374. The molecule has 18 heavy (non-hydrogen) atoms. The van der Waals surface area contributed by atoms with E-state index in [2.05, 4.69) is 10.3 Å². The molecule has 1 atom stereocenters. The lowest BCUT2D eigenvalue weighted by Crippen LogP contribution is -2.38. The van der Waals surface area contributed by atoms with E-state index < -0.39 is 0 Å². The second-order valence-corrected chi connectivity index (χ2v) is 4.89. The van der Waals surface area contributed by atoms with Gasteiger partial charge in [-0.15, -0.1) is 0 Å². The number of carbonyl (C=O) groups excluding carboxylic acids is 1. The molecule has 1 aliphatic rings. The Balaban J connectivity index is 1.73. The number of nitrogens with zero attached hydrogens (tertiary/aromatic N) is 2. The predicted octanol–water partition coefficient (Wildman–Crippen LogP) is 1.22. The Morgan fingerprint density at radius 2 is 2.44 bits per heavy atom. The molecule has 0 spiro atoms. The highest BCUT2D eigenvalue weighted by molar-refractivity contribution is 5.76. The Kier molecular flexibility index (Phi) is 4.70. The normalized spacial score (nSPS) is 18.8. The fourth-order valence-corrected chi connectivity index (χ4v) is 2.32. The molecule has 0 bridgehead atoms. The first-order chi connectivity index (χ1) is 8.75. The number of rotatable bonds is 5. The van der Waals surface area contributed by atoms with Crippen LogP contribution in [0, 0.1) is 0 Å². The van der Waals surface area contributed by atoms with Crippen molar-refractivity contribution in [2.75, 3.05) is 20.1 Å². The van der Waals surface area contributed by atoms with Crippen molar-refractivity contribution >= 4 is 5.91 Å². The van der Waals surface area contributed by atoms with Gasteiger partial charge >= 0.3 is 0 Å². The van der Waals surface area contributed by atoms with Gasteiger partial charge in [-0.05, 0) is 37.9 Å². The Hall–Kier alpha value is -1.42. The molecule has 4 nitrogen and oxygen atoms in total. The molecule has 2 rings (SSSR count). The molecule has 1 aromatic rings. The average Bonchev–Trinajstić information content (AvgIpc) is 2.90. The van der Waals surface area contributed by atoms with Gasteiger partial charge in [-0.2, -0.15) is 0 Å². The first-order valence-corrected chi connectivity index (χ1v) is 6.63. The van der Waals surface area contributed by atoms with Crippen LogP contribution in [-0.2, 0) is 11.2 Å². The monoisotopic (exact) mass is 247 g/mol. The van der Waals surface area contributed by atoms with Gasteiger partial charge in [-0.25, -0.2) is 0 Å². The van der Waals surface area contributed by atoms with Crippen LogP contribution >= 0.6 is 0 Å². The zero-order valence-electron chi connectivity index (χ0n) is 10.9. The SMILES string of the molecule is CN(CC1CCCN1)C(=O)CCc1ccccn1. The molecule has 1 saturated heterocycles. The van der Waals surface area contributed by atoms with Gasteiger partial charge in [0.05, 0.1) is 0 Å². The topological polar surface area (TPSA) is 45.2 Å². The van der Waals surface area contributed by atoms with E-state index in [-0.39, 0.29) is 5.91 Å². The van der Waals surface area contributed by atoms with Crippen molar-refractivity contribution in [3.05, 3.63) is 30.1 Å². The van der Waals surface area contributed by atoms with Gasteiger partial charge in [-0.1, -0.05) is 6.07 Å². The maximum absolute atomic E-state index is 12.0. The van der Waals surface area contributed by atoms with Crippen LogP contribution in [0.1, 0.15) is 25.0 Å². The van der Waals surface area contributed by atoms with Crippen molar-refractivity contribution in [3.8, 4) is 0 Å². The molecule has 1 amide bonds. The number of aryl methyl sites for hydroxylation is 1. The number of hydrogen-bond acceptors (Lipinski definition) is 3. The van der Waals surface area contributed by atoms with E-state index in [4.69, 9.17) is 0 Å². The molecule has 4 heteroatoms. The minimum absolute atomic E-state index is 0.203. The van der Waals surface area contributed by atoms with E-state index in [1.807, 2.05) is 30.1 Å². The number of hydrogen-bond donors (Lipinski definition) is 1. The second-order valence-electron chi connectivity index (χ2n) is 4.89. The summed E-state index contributed by atoms with van der Waals surface area (Å²) in [4.78, 5) is 18.0. The molecule has 0 aliphatic carbocycles. The summed E-state index contributed by atoms with van der Waals surface area (Å²) in [7, 11) is 1.89. The van der Waals surface area contributed by atoms with Crippen molar-refractivity contribution in [3.63, 3.8) is 0 Å². The van der Waals surface area contributed by atoms with Crippen molar-refractivity contribution in [1.29, 1.82) is 0 Å². The third-order valence-electron chi connectivity index (χ3n) is 3.40. The summed E-state index contributed by atoms with van der Waals surface area (Å²) in [5.41, 5.74) is 0.984. The molecule has 1 unspecified atom stereocenters. The minimum Gasteiger partial charge on any atom is -0.344 e. The fraction of sp³-hybridized carbons (Fsp3) is 0.571. The molecular formula is C14H21N3O. The fourth-order valence-electron chi connectivity index (χ4n) is 2.32. The zero-order valence-corrected chi connectivity index (χ0v) is 10.9. The molecule has 1 fully saturated rings. The first-order valence-electron chi connectivity index (χ1n) is 6.63. The third kappa shape index (κ3) is 3.81. The average molecular weight is 247 g/mol. The summed E-state index contributed by atoms with van der Waals surface area (Å²) in [6.07, 6.45) is 5.44. The highest BCUT2D eigenvalue weighted by atomic mass is 16.2. The smallest absolute Gasteiger partial charge is 0.222 e. The number of pyridine rings is 1. The predicted molar refractivity (Wildman–Crippen MR) is 71.2 cm³/mol. The van der Waals surface area contributed by atoms with Crippen molar-refractivity contribution in [2.45, 2.75) is 31.7 Å². The van der Waals surface area contributed by atoms with Crippen LogP contribution in [0.3, 0.4) is 0 Å². The Labute approximate surface area is 108 Å². The molecule has 0 saturated carbocycles. The molecule has 2 heterocycles. The first kappa shape index (κ1) is 13.0. The van der Waals surface area contributed by atoms with Crippen molar-refractivity contribution in [1.82, 2.24) is 15.2 Å². The van der Waals surface area contributed by atoms with Gasteiger partial charge in [0.25, 0.3) is 0 Å². The maximum atomic E-state index is 12.0. The van der Waals surface area contributed by atoms with Crippen LogP contribution in [0.5, 0.6) is 0 Å². The lowest BCUT2D eigenvalue weighted by molar-refractivity contribution is -0.130. The Morgan fingerprint density at radius 1 is 1.56 bits per heavy atom. The molecular weight excluding hydrogens is 226 g/mol. The van der Waals surface area contributed by atoms with E-state index in [9.17, 15) is 4.79 Å². The number of carbonyl (C=O) groups is 1. The maximum Gasteiger partial charge on any atom is 0.222 e. The summed E-state index contributed by atoms with van der Waals surface area (Å²) >= 11 is 0. The highest BCUT2D eigenvalue weighted by Gasteiger charge is 2.18.